The molecule has 18 heavy (non-hydrogen) atoms. The quantitative estimate of drug-likeness (QED) is 0.861. The minimum atomic E-state index is -0.360. The van der Waals surface area contributed by atoms with Gasteiger partial charge in [-0.25, -0.2) is 9.78 Å². The van der Waals surface area contributed by atoms with E-state index in [2.05, 4.69) is 15.4 Å². The van der Waals surface area contributed by atoms with Crippen LogP contribution in [0.25, 0.3) is 0 Å². The van der Waals surface area contributed by atoms with Crippen molar-refractivity contribution >= 4 is 28.1 Å². The maximum atomic E-state index is 11.5. The molecule has 0 saturated carbocycles. The second kappa shape index (κ2) is 4.77. The minimum Gasteiger partial charge on any atom is -0.465 e. The molecular weight excluding hydrogens is 252 g/mol. The van der Waals surface area contributed by atoms with Crippen molar-refractivity contribution in [3.63, 3.8) is 0 Å². The number of anilines is 2. The maximum absolute atomic E-state index is 11.5. The number of rotatable bonds is 3. The van der Waals surface area contributed by atoms with Gasteiger partial charge in [-0.3, -0.25) is 4.68 Å². The van der Waals surface area contributed by atoms with Gasteiger partial charge < -0.3 is 10.1 Å². The van der Waals surface area contributed by atoms with Crippen LogP contribution in [0.5, 0.6) is 0 Å². The van der Waals surface area contributed by atoms with E-state index in [0.29, 0.717) is 15.7 Å². The molecule has 2 heterocycles. The molecule has 2 aromatic heterocycles. The van der Waals surface area contributed by atoms with Crippen LogP contribution in [-0.2, 0) is 11.8 Å². The molecule has 0 saturated heterocycles. The van der Waals surface area contributed by atoms with Gasteiger partial charge in [-0.1, -0.05) is 11.3 Å². The molecule has 7 heteroatoms. The molecule has 0 fully saturated rings. The van der Waals surface area contributed by atoms with Crippen LogP contribution in [0.1, 0.15) is 21.1 Å². The molecule has 0 aliphatic carbocycles. The zero-order valence-electron chi connectivity index (χ0n) is 10.6. The van der Waals surface area contributed by atoms with Crippen molar-refractivity contribution in [2.75, 3.05) is 12.4 Å². The van der Waals surface area contributed by atoms with E-state index in [1.807, 2.05) is 20.2 Å². The van der Waals surface area contributed by atoms with Gasteiger partial charge in [-0.2, -0.15) is 5.10 Å². The van der Waals surface area contributed by atoms with Crippen molar-refractivity contribution in [2.24, 2.45) is 7.05 Å². The number of carbonyl (C=O) groups excluding carboxylic acids is 1. The summed E-state index contributed by atoms with van der Waals surface area (Å²) in [4.78, 5) is 16.3. The molecule has 0 bridgehead atoms. The molecule has 0 radical (unpaired) electrons. The number of methoxy groups -OCH3 is 1. The van der Waals surface area contributed by atoms with Crippen LogP contribution >= 0.6 is 11.3 Å². The lowest BCUT2D eigenvalue weighted by molar-refractivity contribution is 0.0605. The Bertz CT molecular complexity index is 588. The highest BCUT2D eigenvalue weighted by molar-refractivity contribution is 7.17. The zero-order chi connectivity index (χ0) is 13.3. The van der Waals surface area contributed by atoms with E-state index in [4.69, 9.17) is 4.74 Å². The van der Waals surface area contributed by atoms with E-state index >= 15 is 0 Å². The molecule has 1 N–H and O–H groups in total. The van der Waals surface area contributed by atoms with Crippen molar-refractivity contribution in [2.45, 2.75) is 13.8 Å². The Kier molecular flexibility index (Phi) is 3.33. The van der Waals surface area contributed by atoms with E-state index in [1.165, 1.54) is 18.4 Å². The Morgan fingerprint density at radius 1 is 1.44 bits per heavy atom. The SMILES string of the molecule is COC(=O)c1sc(Nc2cn(C)nc2C)nc1C. The number of thiazole rings is 1. The van der Waals surface area contributed by atoms with Gasteiger partial charge in [0.05, 0.1) is 24.2 Å². The number of nitrogens with zero attached hydrogens (tertiary/aromatic N) is 3. The van der Waals surface area contributed by atoms with Gasteiger partial charge in [0.1, 0.15) is 4.88 Å². The Balaban J connectivity index is 2.25. The van der Waals surface area contributed by atoms with Gasteiger partial charge in [0.2, 0.25) is 0 Å². The summed E-state index contributed by atoms with van der Waals surface area (Å²) in [6, 6.07) is 0. The number of esters is 1. The molecule has 0 unspecified atom stereocenters. The first-order valence-corrected chi connectivity index (χ1v) is 6.16. The molecule has 0 aliphatic heterocycles. The topological polar surface area (TPSA) is 69.0 Å². The standard InChI is InChI=1S/C11H14N4O2S/c1-6-8(5-15(3)14-6)13-11-12-7(2)9(18-11)10(16)17-4/h5H,1-4H3,(H,12,13). The van der Waals surface area contributed by atoms with E-state index in [-0.39, 0.29) is 5.97 Å². The molecule has 96 valence electrons. The molecular formula is C11H14N4O2S. The predicted octanol–water partition coefficient (Wildman–Crippen LogP) is 2.02. The van der Waals surface area contributed by atoms with Crippen LogP contribution in [-0.4, -0.2) is 27.8 Å². The fourth-order valence-electron chi connectivity index (χ4n) is 1.57. The van der Waals surface area contributed by atoms with Crippen LogP contribution in [0, 0.1) is 13.8 Å². The van der Waals surface area contributed by atoms with E-state index in [9.17, 15) is 4.79 Å². The number of nitrogens with one attached hydrogen (secondary N) is 1. The molecule has 0 aliphatic rings. The van der Waals surface area contributed by atoms with Crippen molar-refractivity contribution in [3.05, 3.63) is 22.5 Å². The van der Waals surface area contributed by atoms with Gasteiger partial charge in [0.15, 0.2) is 5.13 Å². The maximum Gasteiger partial charge on any atom is 0.350 e. The van der Waals surface area contributed by atoms with Gasteiger partial charge >= 0.3 is 5.97 Å². The fraction of sp³-hybridized carbons (Fsp3) is 0.364. The summed E-state index contributed by atoms with van der Waals surface area (Å²) < 4.78 is 6.42. The number of aromatic nitrogens is 3. The number of hydrogen-bond donors (Lipinski definition) is 1. The number of hydrogen-bond acceptors (Lipinski definition) is 6. The van der Waals surface area contributed by atoms with Gasteiger partial charge in [0, 0.05) is 13.2 Å². The monoisotopic (exact) mass is 266 g/mol. The zero-order valence-corrected chi connectivity index (χ0v) is 11.5. The fourth-order valence-corrected chi connectivity index (χ4v) is 2.47. The van der Waals surface area contributed by atoms with Gasteiger partial charge in [-0.15, -0.1) is 0 Å². The summed E-state index contributed by atoms with van der Waals surface area (Å²) in [7, 11) is 3.21. The Labute approximate surface area is 109 Å². The summed E-state index contributed by atoms with van der Waals surface area (Å²) >= 11 is 1.27. The molecule has 0 aromatic carbocycles. The predicted molar refractivity (Wildman–Crippen MR) is 69.4 cm³/mol. The number of carbonyl (C=O) groups is 1. The third-order valence-electron chi connectivity index (χ3n) is 2.42. The lowest BCUT2D eigenvalue weighted by Crippen LogP contribution is -1.99. The first-order chi connectivity index (χ1) is 8.51. The number of ether oxygens (including phenoxy) is 1. The van der Waals surface area contributed by atoms with Crippen LogP contribution in [0.2, 0.25) is 0 Å². The van der Waals surface area contributed by atoms with Crippen LogP contribution in [0.4, 0.5) is 10.8 Å². The van der Waals surface area contributed by atoms with E-state index < -0.39 is 0 Å². The lowest BCUT2D eigenvalue weighted by Gasteiger charge is -1.98. The second-order valence-electron chi connectivity index (χ2n) is 3.85. The summed E-state index contributed by atoms with van der Waals surface area (Å²) in [6.07, 6.45) is 1.86. The lowest BCUT2D eigenvalue weighted by atomic mass is 10.4. The largest absolute Gasteiger partial charge is 0.465 e. The van der Waals surface area contributed by atoms with E-state index in [0.717, 1.165) is 11.4 Å². The second-order valence-corrected chi connectivity index (χ2v) is 4.85. The highest BCUT2D eigenvalue weighted by atomic mass is 32.1. The normalized spacial score (nSPS) is 10.4. The molecule has 2 aromatic rings. The molecule has 2 rings (SSSR count). The van der Waals surface area contributed by atoms with E-state index in [1.54, 1.807) is 11.6 Å². The minimum absolute atomic E-state index is 0.360. The first kappa shape index (κ1) is 12.6. The summed E-state index contributed by atoms with van der Waals surface area (Å²) in [5, 5.41) is 8.03. The van der Waals surface area contributed by atoms with Crippen molar-refractivity contribution in [1.29, 1.82) is 0 Å². The van der Waals surface area contributed by atoms with Gasteiger partial charge in [0.25, 0.3) is 0 Å². The Morgan fingerprint density at radius 3 is 2.72 bits per heavy atom. The highest BCUT2D eigenvalue weighted by Gasteiger charge is 2.16. The van der Waals surface area contributed by atoms with Crippen LogP contribution < -0.4 is 5.32 Å². The van der Waals surface area contributed by atoms with Crippen molar-refractivity contribution in [1.82, 2.24) is 14.8 Å². The first-order valence-electron chi connectivity index (χ1n) is 5.34. The van der Waals surface area contributed by atoms with Crippen molar-refractivity contribution < 1.29 is 9.53 Å². The van der Waals surface area contributed by atoms with Crippen LogP contribution in [0.15, 0.2) is 6.20 Å². The smallest absolute Gasteiger partial charge is 0.350 e. The molecule has 0 amide bonds. The molecule has 6 nitrogen and oxygen atoms in total. The third kappa shape index (κ3) is 2.35. The Hall–Kier alpha value is -1.89. The van der Waals surface area contributed by atoms with Gasteiger partial charge in [-0.05, 0) is 13.8 Å². The average molecular weight is 266 g/mol. The van der Waals surface area contributed by atoms with Crippen LogP contribution in [0.3, 0.4) is 0 Å². The summed E-state index contributed by atoms with van der Waals surface area (Å²) in [5.74, 6) is -0.360. The third-order valence-corrected chi connectivity index (χ3v) is 3.48. The summed E-state index contributed by atoms with van der Waals surface area (Å²) in [6.45, 7) is 3.69. The highest BCUT2D eigenvalue weighted by Crippen LogP contribution is 2.27. The number of aryl methyl sites for hydroxylation is 3. The van der Waals surface area contributed by atoms with Crippen molar-refractivity contribution in [3.8, 4) is 0 Å². The Morgan fingerprint density at radius 2 is 2.17 bits per heavy atom. The summed E-state index contributed by atoms with van der Waals surface area (Å²) in [5.41, 5.74) is 2.42. The molecule has 0 spiro atoms. The molecule has 0 atom stereocenters. The average Bonchev–Trinajstić information content (AvgIpc) is 2.82.